The number of piperazine rings is 1. The number of hydrogen-bond donors (Lipinski definition) is 3. The average Bonchev–Trinajstić information content (AvgIpc) is 2.84. The van der Waals surface area contributed by atoms with Crippen LogP contribution in [-0.4, -0.2) is 68.1 Å². The molecule has 1 atom stereocenters. The van der Waals surface area contributed by atoms with Crippen molar-refractivity contribution in [3.05, 3.63) is 53.7 Å². The van der Waals surface area contributed by atoms with Crippen molar-refractivity contribution in [2.24, 2.45) is 4.99 Å². The predicted molar refractivity (Wildman–Crippen MR) is 129 cm³/mol. The molecule has 0 aliphatic carbocycles. The van der Waals surface area contributed by atoms with E-state index in [0.29, 0.717) is 25.5 Å². The molecule has 1 saturated heterocycles. The summed E-state index contributed by atoms with van der Waals surface area (Å²) in [5.74, 6) is 1.93. The number of nitrogens with zero attached hydrogens (tertiary/aromatic N) is 4. The lowest BCUT2D eigenvalue weighted by molar-refractivity contribution is -0.116. The second-order valence-corrected chi connectivity index (χ2v) is 8.29. The predicted octanol–water partition coefficient (Wildman–Crippen LogP) is 2.01. The van der Waals surface area contributed by atoms with Crippen molar-refractivity contribution in [3.63, 3.8) is 0 Å². The minimum Gasteiger partial charge on any atom is -0.356 e. The number of rotatable bonds is 6. The van der Waals surface area contributed by atoms with E-state index >= 15 is 0 Å². The SMILES string of the molecule is CCN1CCN(c2ccc(CNC(=NC)NCC3CC(=O)Nc4ccccc43)cn2)CC1. The molecule has 0 radical (unpaired) electrons. The van der Waals surface area contributed by atoms with Gasteiger partial charge in [0.25, 0.3) is 0 Å². The summed E-state index contributed by atoms with van der Waals surface area (Å²) in [4.78, 5) is 25.9. The molecule has 3 N–H and O–H groups in total. The Morgan fingerprint density at radius 2 is 1.97 bits per heavy atom. The first-order chi connectivity index (χ1) is 15.7. The van der Waals surface area contributed by atoms with Gasteiger partial charge < -0.3 is 25.8 Å². The fourth-order valence-corrected chi connectivity index (χ4v) is 4.31. The van der Waals surface area contributed by atoms with Gasteiger partial charge in [-0.3, -0.25) is 9.79 Å². The lowest BCUT2D eigenvalue weighted by Crippen LogP contribution is -2.46. The fourth-order valence-electron chi connectivity index (χ4n) is 4.31. The van der Waals surface area contributed by atoms with Gasteiger partial charge in [0.1, 0.15) is 5.82 Å². The standard InChI is InChI=1S/C24H33N7O/c1-3-30-10-12-31(13-11-30)22-9-8-18(15-26-22)16-27-24(25-2)28-17-19-14-23(32)29-21-7-5-4-6-20(19)21/h4-9,15,19H,3,10-14,16-17H2,1-2H3,(H,29,32)(H2,25,27,28). The van der Waals surface area contributed by atoms with Crippen molar-refractivity contribution in [2.45, 2.75) is 25.8 Å². The number of pyridine rings is 1. The van der Waals surface area contributed by atoms with Gasteiger partial charge in [-0.1, -0.05) is 31.2 Å². The Kier molecular flexibility index (Phi) is 7.21. The maximum atomic E-state index is 12.0. The number of aliphatic imine (C=N–C) groups is 1. The van der Waals surface area contributed by atoms with Crippen LogP contribution in [0.3, 0.4) is 0 Å². The van der Waals surface area contributed by atoms with E-state index in [-0.39, 0.29) is 11.8 Å². The minimum atomic E-state index is 0.0562. The summed E-state index contributed by atoms with van der Waals surface area (Å²) in [6.45, 7) is 8.84. The van der Waals surface area contributed by atoms with Gasteiger partial charge in [-0.15, -0.1) is 0 Å². The van der Waals surface area contributed by atoms with Crippen molar-refractivity contribution >= 4 is 23.4 Å². The van der Waals surface area contributed by atoms with E-state index in [1.165, 1.54) is 0 Å². The van der Waals surface area contributed by atoms with E-state index in [0.717, 1.165) is 55.4 Å². The van der Waals surface area contributed by atoms with Crippen LogP contribution in [0.25, 0.3) is 0 Å². The van der Waals surface area contributed by atoms with Gasteiger partial charge in [0.15, 0.2) is 5.96 Å². The van der Waals surface area contributed by atoms with Crippen molar-refractivity contribution in [3.8, 4) is 0 Å². The average molecular weight is 436 g/mol. The second-order valence-electron chi connectivity index (χ2n) is 8.29. The van der Waals surface area contributed by atoms with Crippen molar-refractivity contribution in [2.75, 3.05) is 56.5 Å². The zero-order valence-corrected chi connectivity index (χ0v) is 19.0. The molecule has 8 nitrogen and oxygen atoms in total. The van der Waals surface area contributed by atoms with Crippen LogP contribution in [0.4, 0.5) is 11.5 Å². The summed E-state index contributed by atoms with van der Waals surface area (Å²) in [5, 5.41) is 9.67. The Morgan fingerprint density at radius 3 is 2.69 bits per heavy atom. The highest BCUT2D eigenvalue weighted by atomic mass is 16.1. The first-order valence-corrected chi connectivity index (χ1v) is 11.4. The summed E-state index contributed by atoms with van der Waals surface area (Å²) in [6, 6.07) is 12.2. The van der Waals surface area contributed by atoms with Gasteiger partial charge in [0.2, 0.25) is 5.91 Å². The third-order valence-electron chi connectivity index (χ3n) is 6.26. The number of amides is 1. The largest absolute Gasteiger partial charge is 0.356 e. The van der Waals surface area contributed by atoms with Crippen LogP contribution in [0.2, 0.25) is 0 Å². The molecule has 1 aromatic heterocycles. The van der Waals surface area contributed by atoms with Gasteiger partial charge in [-0.25, -0.2) is 4.98 Å². The Labute approximate surface area is 190 Å². The highest BCUT2D eigenvalue weighted by Crippen LogP contribution is 2.31. The molecule has 4 rings (SSSR count). The number of benzene rings is 1. The minimum absolute atomic E-state index is 0.0562. The highest BCUT2D eigenvalue weighted by molar-refractivity contribution is 5.94. The number of carbonyl (C=O) groups is 1. The first kappa shape index (κ1) is 22.1. The van der Waals surface area contributed by atoms with Crippen LogP contribution in [-0.2, 0) is 11.3 Å². The molecular formula is C24H33N7O. The Morgan fingerprint density at radius 1 is 1.16 bits per heavy atom. The quantitative estimate of drug-likeness (QED) is 0.476. The molecule has 1 amide bonds. The van der Waals surface area contributed by atoms with Crippen molar-refractivity contribution in [1.82, 2.24) is 20.5 Å². The Balaban J connectivity index is 1.27. The molecule has 0 saturated carbocycles. The maximum Gasteiger partial charge on any atom is 0.225 e. The van der Waals surface area contributed by atoms with Crippen LogP contribution < -0.4 is 20.9 Å². The topological polar surface area (TPSA) is 84.9 Å². The molecule has 2 aliphatic heterocycles. The lowest BCUT2D eigenvalue weighted by atomic mass is 9.90. The third kappa shape index (κ3) is 5.37. The van der Waals surface area contributed by atoms with Crippen LogP contribution in [0, 0.1) is 0 Å². The molecule has 8 heteroatoms. The number of guanidine groups is 1. The molecule has 0 spiro atoms. The normalized spacial score (nSPS) is 19.3. The van der Waals surface area contributed by atoms with Crippen LogP contribution in [0.1, 0.15) is 30.4 Å². The third-order valence-corrected chi connectivity index (χ3v) is 6.26. The van der Waals surface area contributed by atoms with Crippen molar-refractivity contribution in [1.29, 1.82) is 0 Å². The van der Waals surface area contributed by atoms with Gasteiger partial charge in [-0.2, -0.15) is 0 Å². The van der Waals surface area contributed by atoms with E-state index in [1.807, 2.05) is 24.4 Å². The van der Waals surface area contributed by atoms with Crippen LogP contribution in [0.5, 0.6) is 0 Å². The summed E-state index contributed by atoms with van der Waals surface area (Å²) >= 11 is 0. The Hall–Kier alpha value is -3.13. The van der Waals surface area contributed by atoms with Gasteiger partial charge >= 0.3 is 0 Å². The molecule has 1 fully saturated rings. The highest BCUT2D eigenvalue weighted by Gasteiger charge is 2.24. The molecule has 0 bridgehead atoms. The monoisotopic (exact) mass is 435 g/mol. The van der Waals surface area contributed by atoms with Crippen molar-refractivity contribution < 1.29 is 4.79 Å². The van der Waals surface area contributed by atoms with E-state index in [2.05, 4.69) is 60.8 Å². The van der Waals surface area contributed by atoms with Gasteiger partial charge in [-0.05, 0) is 29.8 Å². The number of anilines is 2. The summed E-state index contributed by atoms with van der Waals surface area (Å²) in [6.07, 6.45) is 2.41. The van der Waals surface area contributed by atoms with Gasteiger partial charge in [0, 0.05) is 70.5 Å². The molecular weight excluding hydrogens is 402 g/mol. The molecule has 32 heavy (non-hydrogen) atoms. The lowest BCUT2D eigenvalue weighted by Gasteiger charge is -2.34. The Bertz CT molecular complexity index is 936. The number of likely N-dealkylation sites (N-methyl/N-ethyl adjacent to an activating group) is 1. The summed E-state index contributed by atoms with van der Waals surface area (Å²) in [7, 11) is 1.76. The molecule has 2 aliphatic rings. The number of nitrogens with one attached hydrogen (secondary N) is 3. The molecule has 1 aromatic carbocycles. The number of aromatic nitrogens is 1. The number of para-hydroxylation sites is 1. The van der Waals surface area contributed by atoms with E-state index in [9.17, 15) is 4.79 Å². The molecule has 2 aromatic rings. The number of hydrogen-bond acceptors (Lipinski definition) is 5. The van der Waals surface area contributed by atoms with Gasteiger partial charge in [0.05, 0.1) is 0 Å². The number of carbonyl (C=O) groups excluding carboxylic acids is 1. The molecule has 170 valence electrons. The maximum absolute atomic E-state index is 12.0. The second kappa shape index (κ2) is 10.5. The zero-order valence-electron chi connectivity index (χ0n) is 19.0. The van der Waals surface area contributed by atoms with E-state index in [1.54, 1.807) is 7.05 Å². The molecule has 1 unspecified atom stereocenters. The van der Waals surface area contributed by atoms with E-state index in [4.69, 9.17) is 0 Å². The van der Waals surface area contributed by atoms with E-state index < -0.39 is 0 Å². The fraction of sp³-hybridized carbons (Fsp3) is 0.458. The van der Waals surface area contributed by atoms with Crippen LogP contribution in [0.15, 0.2) is 47.6 Å². The smallest absolute Gasteiger partial charge is 0.225 e. The molecule has 3 heterocycles. The number of fused-ring (bicyclic) bond motifs is 1. The zero-order chi connectivity index (χ0) is 22.3. The first-order valence-electron chi connectivity index (χ1n) is 11.4. The van der Waals surface area contributed by atoms with Crippen LogP contribution >= 0.6 is 0 Å². The summed E-state index contributed by atoms with van der Waals surface area (Å²) in [5.41, 5.74) is 3.17. The summed E-state index contributed by atoms with van der Waals surface area (Å²) < 4.78 is 0.